The van der Waals surface area contributed by atoms with Gasteiger partial charge in [0.25, 0.3) is 0 Å². The Bertz CT molecular complexity index is 1030. The summed E-state index contributed by atoms with van der Waals surface area (Å²) in [4.78, 5) is 15.2. The predicted molar refractivity (Wildman–Crippen MR) is 121 cm³/mol. The summed E-state index contributed by atoms with van der Waals surface area (Å²) in [6.07, 6.45) is 3.47. The number of hydrogen-bond acceptors (Lipinski definition) is 4. The molecule has 0 radical (unpaired) electrons. The number of benzene rings is 2. The third-order valence-corrected chi connectivity index (χ3v) is 8.25. The molecule has 0 spiro atoms. The molecule has 32 heavy (non-hydrogen) atoms. The van der Waals surface area contributed by atoms with E-state index in [0.29, 0.717) is 19.4 Å². The molecule has 0 saturated carbocycles. The molecule has 6 nitrogen and oxygen atoms in total. The van der Waals surface area contributed by atoms with E-state index in [4.69, 9.17) is 0 Å². The number of likely N-dealkylation sites (tertiary alicyclic amines) is 1. The minimum absolute atomic E-state index is 0.0335. The van der Waals surface area contributed by atoms with Crippen molar-refractivity contribution in [3.8, 4) is 0 Å². The lowest BCUT2D eigenvalue weighted by Gasteiger charge is -2.30. The van der Waals surface area contributed by atoms with E-state index in [1.54, 1.807) is 0 Å². The Balaban J connectivity index is 1.27. The van der Waals surface area contributed by atoms with Crippen molar-refractivity contribution >= 4 is 15.9 Å². The molecule has 1 N–H and O–H groups in total. The summed E-state index contributed by atoms with van der Waals surface area (Å²) in [6.45, 7) is 4.28. The van der Waals surface area contributed by atoms with Crippen molar-refractivity contribution in [2.75, 3.05) is 26.2 Å². The molecule has 1 amide bonds. The average molecular weight is 460 g/mol. The maximum absolute atomic E-state index is 13.1. The van der Waals surface area contributed by atoms with E-state index in [2.05, 4.69) is 22.3 Å². The number of piperidine rings is 1. The summed E-state index contributed by atoms with van der Waals surface area (Å²) in [7, 11) is -3.67. The number of nitrogens with one attached hydrogen (secondary N) is 1. The molecule has 0 aromatic heterocycles. The van der Waals surface area contributed by atoms with Gasteiger partial charge in [-0.15, -0.1) is 0 Å². The number of carbonyl (C=O) groups is 1. The largest absolute Gasteiger partial charge is 0.352 e. The zero-order valence-corrected chi connectivity index (χ0v) is 19.0. The van der Waals surface area contributed by atoms with Crippen LogP contribution in [-0.4, -0.2) is 49.7 Å². The van der Waals surface area contributed by atoms with Gasteiger partial charge in [0.05, 0.1) is 4.90 Å². The molecule has 2 aliphatic rings. The molecular formula is C24H30FN3O3S. The number of rotatable bonds is 7. The quantitative estimate of drug-likeness (QED) is 0.691. The molecule has 0 aliphatic carbocycles. The Morgan fingerprint density at radius 1 is 0.969 bits per heavy atom. The number of sulfonamides is 1. The summed E-state index contributed by atoms with van der Waals surface area (Å²) in [5, 5.41) is 3.02. The first-order chi connectivity index (χ1) is 15.4. The van der Waals surface area contributed by atoms with Crippen LogP contribution in [-0.2, 0) is 27.9 Å². The highest BCUT2D eigenvalue weighted by Gasteiger charge is 2.32. The smallest absolute Gasteiger partial charge is 0.243 e. The van der Waals surface area contributed by atoms with Crippen LogP contribution in [0.1, 0.15) is 36.8 Å². The van der Waals surface area contributed by atoms with Crippen LogP contribution >= 0.6 is 0 Å². The molecule has 2 fully saturated rings. The molecule has 2 saturated heterocycles. The topological polar surface area (TPSA) is 69.7 Å². The number of carbonyl (C=O) groups excluding carboxylic acids is 1. The number of halogens is 1. The van der Waals surface area contributed by atoms with E-state index in [-0.39, 0.29) is 29.8 Å². The molecule has 2 heterocycles. The highest BCUT2D eigenvalue weighted by Crippen LogP contribution is 2.24. The second kappa shape index (κ2) is 10.1. The van der Waals surface area contributed by atoms with Crippen LogP contribution in [0, 0.1) is 11.7 Å². The van der Waals surface area contributed by atoms with Crippen LogP contribution in [0.15, 0.2) is 53.4 Å². The van der Waals surface area contributed by atoms with E-state index in [9.17, 15) is 17.6 Å². The first-order valence-corrected chi connectivity index (χ1v) is 12.7. The van der Waals surface area contributed by atoms with E-state index in [1.807, 2.05) is 12.1 Å². The van der Waals surface area contributed by atoms with Gasteiger partial charge in [0, 0.05) is 32.1 Å². The summed E-state index contributed by atoms with van der Waals surface area (Å²) in [5.41, 5.74) is 2.34. The average Bonchev–Trinajstić information content (AvgIpc) is 3.31. The van der Waals surface area contributed by atoms with Crippen LogP contribution in [0.25, 0.3) is 0 Å². The molecular weight excluding hydrogens is 429 g/mol. The Morgan fingerprint density at radius 2 is 1.62 bits per heavy atom. The first kappa shape index (κ1) is 22.9. The molecule has 0 atom stereocenters. The molecule has 4 rings (SSSR count). The third kappa shape index (κ3) is 5.54. The standard InChI is InChI=1S/C24H30FN3O3S/c25-22-6-8-23(9-7-22)32(30,31)28-14-10-21(11-15-28)24(29)26-17-19-4-3-5-20(16-19)18-27-12-1-2-13-27/h3-9,16,21H,1-2,10-15,17-18H2,(H,26,29). The lowest BCUT2D eigenvalue weighted by Crippen LogP contribution is -2.42. The lowest BCUT2D eigenvalue weighted by molar-refractivity contribution is -0.126. The van der Waals surface area contributed by atoms with Gasteiger partial charge in [-0.1, -0.05) is 24.3 Å². The molecule has 2 aromatic rings. The third-order valence-electron chi connectivity index (χ3n) is 6.34. The molecule has 172 valence electrons. The van der Waals surface area contributed by atoms with Gasteiger partial charge in [-0.3, -0.25) is 9.69 Å². The van der Waals surface area contributed by atoms with Gasteiger partial charge in [-0.2, -0.15) is 4.31 Å². The normalized spacial score (nSPS) is 18.7. The Morgan fingerprint density at radius 3 is 2.31 bits per heavy atom. The minimum atomic E-state index is -3.67. The number of hydrogen-bond donors (Lipinski definition) is 1. The van der Waals surface area contributed by atoms with Gasteiger partial charge in [0.15, 0.2) is 0 Å². The van der Waals surface area contributed by atoms with Gasteiger partial charge in [0.1, 0.15) is 5.82 Å². The predicted octanol–water partition coefficient (Wildman–Crippen LogP) is 3.14. The van der Waals surface area contributed by atoms with E-state index in [0.717, 1.165) is 37.3 Å². The maximum atomic E-state index is 13.1. The zero-order chi connectivity index (χ0) is 22.6. The van der Waals surface area contributed by atoms with Crippen LogP contribution in [0.5, 0.6) is 0 Å². The van der Waals surface area contributed by atoms with E-state index in [1.165, 1.54) is 34.8 Å². The minimum Gasteiger partial charge on any atom is -0.352 e. The molecule has 8 heteroatoms. The zero-order valence-electron chi connectivity index (χ0n) is 18.2. The van der Waals surface area contributed by atoms with E-state index < -0.39 is 15.8 Å². The Hall–Kier alpha value is -2.29. The van der Waals surface area contributed by atoms with Crippen LogP contribution in [0.2, 0.25) is 0 Å². The maximum Gasteiger partial charge on any atom is 0.243 e. The van der Waals surface area contributed by atoms with E-state index >= 15 is 0 Å². The molecule has 0 unspecified atom stereocenters. The van der Waals surface area contributed by atoms with Crippen molar-refractivity contribution in [2.45, 2.75) is 43.7 Å². The molecule has 2 aliphatic heterocycles. The van der Waals surface area contributed by atoms with Crippen LogP contribution in [0.3, 0.4) is 0 Å². The second-order valence-electron chi connectivity index (χ2n) is 8.65. The molecule has 2 aromatic carbocycles. The highest BCUT2D eigenvalue weighted by molar-refractivity contribution is 7.89. The summed E-state index contributed by atoms with van der Waals surface area (Å²) < 4.78 is 40.0. The van der Waals surface area contributed by atoms with Crippen molar-refractivity contribution < 1.29 is 17.6 Å². The highest BCUT2D eigenvalue weighted by atomic mass is 32.2. The van der Waals surface area contributed by atoms with Crippen LogP contribution < -0.4 is 5.32 Å². The lowest BCUT2D eigenvalue weighted by atomic mass is 9.97. The first-order valence-electron chi connectivity index (χ1n) is 11.3. The van der Waals surface area contributed by atoms with Gasteiger partial charge < -0.3 is 5.32 Å². The van der Waals surface area contributed by atoms with Crippen LogP contribution in [0.4, 0.5) is 4.39 Å². The van der Waals surface area contributed by atoms with Crippen molar-refractivity contribution in [3.05, 3.63) is 65.5 Å². The van der Waals surface area contributed by atoms with Crippen molar-refractivity contribution in [3.63, 3.8) is 0 Å². The fourth-order valence-corrected chi connectivity index (χ4v) is 5.95. The fraction of sp³-hybridized carbons (Fsp3) is 0.458. The number of amides is 1. The van der Waals surface area contributed by atoms with Crippen molar-refractivity contribution in [1.82, 2.24) is 14.5 Å². The number of nitrogens with zero attached hydrogens (tertiary/aromatic N) is 2. The molecule has 0 bridgehead atoms. The summed E-state index contributed by atoms with van der Waals surface area (Å²) in [5.74, 6) is -0.711. The summed E-state index contributed by atoms with van der Waals surface area (Å²) in [6, 6.07) is 13.2. The van der Waals surface area contributed by atoms with Gasteiger partial charge in [-0.25, -0.2) is 12.8 Å². The van der Waals surface area contributed by atoms with Gasteiger partial charge >= 0.3 is 0 Å². The van der Waals surface area contributed by atoms with Gasteiger partial charge in [-0.05, 0) is 74.2 Å². The van der Waals surface area contributed by atoms with Crippen molar-refractivity contribution in [1.29, 1.82) is 0 Å². The second-order valence-corrected chi connectivity index (χ2v) is 10.6. The Kier molecular flexibility index (Phi) is 7.23. The SMILES string of the molecule is O=C(NCc1cccc(CN2CCCC2)c1)C1CCN(S(=O)(=O)c2ccc(F)cc2)CC1. The van der Waals surface area contributed by atoms with Gasteiger partial charge in [0.2, 0.25) is 15.9 Å². The van der Waals surface area contributed by atoms with Crippen molar-refractivity contribution in [2.24, 2.45) is 5.92 Å². The fourth-order valence-electron chi connectivity index (χ4n) is 4.48. The monoisotopic (exact) mass is 459 g/mol. The Labute approximate surface area is 189 Å². The summed E-state index contributed by atoms with van der Waals surface area (Å²) >= 11 is 0.